The zero-order chi connectivity index (χ0) is 18.4. The molecule has 1 aliphatic rings. The Morgan fingerprint density at radius 1 is 1.28 bits per heavy atom. The lowest BCUT2D eigenvalue weighted by molar-refractivity contribution is -0.126. The van der Waals surface area contributed by atoms with Crippen LogP contribution >= 0.6 is 11.6 Å². The predicted molar refractivity (Wildman–Crippen MR) is 100 cm³/mol. The number of nitrogens with one attached hydrogen (secondary N) is 1. The highest BCUT2D eigenvalue weighted by Crippen LogP contribution is 2.33. The lowest BCUT2D eigenvalue weighted by atomic mass is 9.89. The zero-order valence-corrected chi connectivity index (χ0v) is 16.0. The number of aryl methyl sites for hydroxylation is 1. The number of hydrogen-bond acceptors (Lipinski definition) is 3. The molecule has 1 aromatic rings. The van der Waals surface area contributed by atoms with Crippen LogP contribution in [0.4, 0.5) is 5.69 Å². The molecule has 0 bridgehead atoms. The van der Waals surface area contributed by atoms with Crippen molar-refractivity contribution in [3.05, 3.63) is 22.7 Å². The van der Waals surface area contributed by atoms with Crippen molar-refractivity contribution in [1.29, 1.82) is 0 Å². The second-order valence-corrected chi connectivity index (χ2v) is 6.98. The minimum atomic E-state index is -0.105. The number of methoxy groups -OCH3 is 1. The van der Waals surface area contributed by atoms with Gasteiger partial charge in [0.05, 0.1) is 12.8 Å². The minimum absolute atomic E-state index is 0.0995. The summed E-state index contributed by atoms with van der Waals surface area (Å²) in [5.41, 5.74) is 1.54. The quantitative estimate of drug-likeness (QED) is 0.834. The van der Waals surface area contributed by atoms with Crippen LogP contribution in [0, 0.1) is 12.8 Å². The number of benzene rings is 1. The Morgan fingerprint density at radius 2 is 1.96 bits per heavy atom. The second kappa shape index (κ2) is 9.09. The van der Waals surface area contributed by atoms with E-state index < -0.39 is 0 Å². The van der Waals surface area contributed by atoms with Gasteiger partial charge < -0.3 is 15.0 Å². The van der Waals surface area contributed by atoms with Gasteiger partial charge in [0.1, 0.15) is 5.75 Å². The maximum Gasteiger partial charge on any atom is 0.224 e. The summed E-state index contributed by atoms with van der Waals surface area (Å²) in [6.07, 6.45) is 5.40. The van der Waals surface area contributed by atoms with Gasteiger partial charge in [0, 0.05) is 37.0 Å². The molecule has 25 heavy (non-hydrogen) atoms. The number of hydrogen-bond donors (Lipinski definition) is 1. The number of carbonyl (C=O) groups is 2. The smallest absolute Gasteiger partial charge is 0.224 e. The van der Waals surface area contributed by atoms with Gasteiger partial charge in [-0.15, -0.1) is 0 Å². The first-order chi connectivity index (χ1) is 11.9. The van der Waals surface area contributed by atoms with Crippen molar-refractivity contribution in [2.75, 3.05) is 25.1 Å². The highest BCUT2D eigenvalue weighted by Gasteiger charge is 2.22. The van der Waals surface area contributed by atoms with Gasteiger partial charge in [-0.3, -0.25) is 9.59 Å². The van der Waals surface area contributed by atoms with Crippen LogP contribution in [0.2, 0.25) is 5.02 Å². The molecule has 6 heteroatoms. The number of amides is 2. The summed E-state index contributed by atoms with van der Waals surface area (Å²) in [6.45, 7) is 4.20. The summed E-state index contributed by atoms with van der Waals surface area (Å²) >= 11 is 6.14. The van der Waals surface area contributed by atoms with E-state index in [0.717, 1.165) is 31.2 Å². The molecule has 138 valence electrons. The van der Waals surface area contributed by atoms with Crippen molar-refractivity contribution in [2.45, 2.75) is 46.0 Å². The number of anilines is 1. The molecule has 2 rings (SSSR count). The molecule has 1 fully saturated rings. The average Bonchev–Trinajstić information content (AvgIpc) is 2.61. The second-order valence-electron chi connectivity index (χ2n) is 6.57. The van der Waals surface area contributed by atoms with Crippen LogP contribution in [0.15, 0.2) is 12.1 Å². The molecule has 1 saturated carbocycles. The fourth-order valence-corrected chi connectivity index (χ4v) is 3.42. The highest BCUT2D eigenvalue weighted by atomic mass is 35.5. The molecule has 5 nitrogen and oxygen atoms in total. The first-order valence-electron chi connectivity index (χ1n) is 8.84. The third kappa shape index (κ3) is 5.11. The standard InChI is InChI=1S/C19H27ClN2O3/c1-13-11-17(18(25-3)12-16(13)20)22(14(2)23)10-9-21-19(24)15-7-5-4-6-8-15/h11-12,15H,4-10H2,1-3H3,(H,21,24). The van der Waals surface area contributed by atoms with E-state index in [1.54, 1.807) is 18.1 Å². The van der Waals surface area contributed by atoms with Crippen LogP contribution in [0.3, 0.4) is 0 Å². The van der Waals surface area contributed by atoms with E-state index in [1.807, 2.05) is 13.0 Å². The summed E-state index contributed by atoms with van der Waals surface area (Å²) in [7, 11) is 1.55. The largest absolute Gasteiger partial charge is 0.495 e. The van der Waals surface area contributed by atoms with Gasteiger partial charge in [-0.2, -0.15) is 0 Å². The summed E-state index contributed by atoms with van der Waals surface area (Å²) in [4.78, 5) is 26.0. The molecular weight excluding hydrogens is 340 g/mol. The lowest BCUT2D eigenvalue weighted by Crippen LogP contribution is -2.40. The number of ether oxygens (including phenoxy) is 1. The highest BCUT2D eigenvalue weighted by molar-refractivity contribution is 6.31. The van der Waals surface area contributed by atoms with Gasteiger partial charge in [-0.05, 0) is 31.4 Å². The van der Waals surface area contributed by atoms with Crippen molar-refractivity contribution in [3.63, 3.8) is 0 Å². The average molecular weight is 367 g/mol. The number of halogens is 1. The molecule has 1 aliphatic carbocycles. The Balaban J connectivity index is 2.03. The molecule has 2 amide bonds. The number of nitrogens with zero attached hydrogens (tertiary/aromatic N) is 1. The van der Waals surface area contributed by atoms with E-state index >= 15 is 0 Å². The van der Waals surface area contributed by atoms with Crippen LogP contribution in [-0.4, -0.2) is 32.0 Å². The van der Waals surface area contributed by atoms with E-state index in [9.17, 15) is 9.59 Å². The molecule has 0 aromatic heterocycles. The van der Waals surface area contributed by atoms with E-state index in [0.29, 0.717) is 29.5 Å². The van der Waals surface area contributed by atoms with E-state index in [-0.39, 0.29) is 17.7 Å². The van der Waals surface area contributed by atoms with E-state index in [1.165, 1.54) is 13.3 Å². The third-order valence-corrected chi connectivity index (χ3v) is 5.15. The van der Waals surface area contributed by atoms with Crippen molar-refractivity contribution in [2.24, 2.45) is 5.92 Å². The van der Waals surface area contributed by atoms with Crippen molar-refractivity contribution < 1.29 is 14.3 Å². The fraction of sp³-hybridized carbons (Fsp3) is 0.579. The molecule has 0 atom stereocenters. The molecule has 1 aromatic carbocycles. The number of rotatable bonds is 6. The Bertz CT molecular complexity index is 627. The molecule has 0 aliphatic heterocycles. The Labute approximate surface area is 154 Å². The van der Waals surface area contributed by atoms with Crippen LogP contribution in [0.25, 0.3) is 0 Å². The molecule has 0 heterocycles. The maximum atomic E-state index is 12.3. The topological polar surface area (TPSA) is 58.6 Å². The monoisotopic (exact) mass is 366 g/mol. The van der Waals surface area contributed by atoms with E-state index in [2.05, 4.69) is 5.32 Å². The normalized spacial score (nSPS) is 14.9. The molecule has 1 N–H and O–H groups in total. The van der Waals surface area contributed by atoms with E-state index in [4.69, 9.17) is 16.3 Å². The van der Waals surface area contributed by atoms with Crippen molar-refractivity contribution in [3.8, 4) is 5.75 Å². The number of carbonyl (C=O) groups excluding carboxylic acids is 2. The summed E-state index contributed by atoms with van der Waals surface area (Å²) < 4.78 is 5.37. The first kappa shape index (κ1) is 19.6. The zero-order valence-electron chi connectivity index (χ0n) is 15.2. The first-order valence-corrected chi connectivity index (χ1v) is 9.21. The SMILES string of the molecule is COc1cc(Cl)c(C)cc1N(CCNC(=O)C1CCCCC1)C(C)=O. The van der Waals surface area contributed by atoms with Crippen LogP contribution < -0.4 is 15.0 Å². The molecule has 0 saturated heterocycles. The molecular formula is C19H27ClN2O3. The Morgan fingerprint density at radius 3 is 2.56 bits per heavy atom. The Hall–Kier alpha value is -1.75. The Kier molecular flexibility index (Phi) is 7.12. The van der Waals surface area contributed by atoms with Crippen LogP contribution in [-0.2, 0) is 9.59 Å². The van der Waals surface area contributed by atoms with Crippen molar-refractivity contribution in [1.82, 2.24) is 5.32 Å². The summed E-state index contributed by atoms with van der Waals surface area (Å²) in [6, 6.07) is 3.55. The van der Waals surface area contributed by atoms with Gasteiger partial charge in [0.25, 0.3) is 0 Å². The molecule has 0 spiro atoms. The maximum absolute atomic E-state index is 12.3. The van der Waals surface area contributed by atoms with Crippen LogP contribution in [0.1, 0.15) is 44.6 Å². The lowest BCUT2D eigenvalue weighted by Gasteiger charge is -2.25. The van der Waals surface area contributed by atoms with Gasteiger partial charge >= 0.3 is 0 Å². The van der Waals surface area contributed by atoms with Gasteiger partial charge in [0.15, 0.2) is 0 Å². The van der Waals surface area contributed by atoms with Gasteiger partial charge in [0.2, 0.25) is 11.8 Å². The fourth-order valence-electron chi connectivity index (χ4n) is 3.27. The summed E-state index contributed by atoms with van der Waals surface area (Å²) in [5, 5.41) is 3.56. The van der Waals surface area contributed by atoms with Gasteiger partial charge in [-0.25, -0.2) is 0 Å². The minimum Gasteiger partial charge on any atom is -0.495 e. The molecule has 0 unspecified atom stereocenters. The van der Waals surface area contributed by atoms with Crippen molar-refractivity contribution >= 4 is 29.1 Å². The summed E-state index contributed by atoms with van der Waals surface area (Å²) in [5.74, 6) is 0.658. The molecule has 0 radical (unpaired) electrons. The third-order valence-electron chi connectivity index (χ3n) is 4.74. The predicted octanol–water partition coefficient (Wildman–Crippen LogP) is 3.71. The van der Waals surface area contributed by atoms with Crippen LogP contribution in [0.5, 0.6) is 5.75 Å². The van der Waals surface area contributed by atoms with Gasteiger partial charge in [-0.1, -0.05) is 30.9 Å².